The second-order valence-corrected chi connectivity index (χ2v) is 7.14. The molecule has 2 aromatic rings. The van der Waals surface area contributed by atoms with Crippen LogP contribution in [0.2, 0.25) is 0 Å². The van der Waals surface area contributed by atoms with Crippen LogP contribution in [0.25, 0.3) is 0 Å². The van der Waals surface area contributed by atoms with Gasteiger partial charge in [-0.2, -0.15) is 4.98 Å². The maximum absolute atomic E-state index is 5.24. The molecule has 0 radical (unpaired) electrons. The van der Waals surface area contributed by atoms with Crippen LogP contribution in [0.3, 0.4) is 0 Å². The summed E-state index contributed by atoms with van der Waals surface area (Å²) in [7, 11) is 1.70. The minimum Gasteiger partial charge on any atom is -0.497 e. The van der Waals surface area contributed by atoms with Gasteiger partial charge in [-0.15, -0.1) is 0 Å². The number of aryl methyl sites for hydroxylation is 1. The summed E-state index contributed by atoms with van der Waals surface area (Å²) >= 11 is 0. The molecule has 1 fully saturated rings. The zero-order chi connectivity index (χ0) is 18.5. The molecule has 0 spiro atoms. The van der Waals surface area contributed by atoms with E-state index in [2.05, 4.69) is 52.1 Å². The summed E-state index contributed by atoms with van der Waals surface area (Å²) in [5, 5.41) is 3.34. The number of anilines is 3. The van der Waals surface area contributed by atoms with Crippen molar-refractivity contribution in [3.8, 4) is 5.75 Å². The second kappa shape index (κ2) is 8.25. The van der Waals surface area contributed by atoms with E-state index in [1.54, 1.807) is 7.11 Å². The number of aromatic nitrogens is 2. The number of nitrogens with zero attached hydrogens (tertiary/aromatic N) is 4. The van der Waals surface area contributed by atoms with Gasteiger partial charge in [0.1, 0.15) is 11.6 Å². The SMILES string of the molecule is COc1ccc(N2CCN(c3cc(C)nc(NCC(C)C)n3)CC2)cc1. The van der Waals surface area contributed by atoms with Crippen molar-refractivity contribution in [1.82, 2.24) is 9.97 Å². The molecule has 0 amide bonds. The third kappa shape index (κ3) is 4.56. The van der Waals surface area contributed by atoms with Gasteiger partial charge < -0.3 is 19.9 Å². The van der Waals surface area contributed by atoms with Crippen molar-refractivity contribution >= 4 is 17.5 Å². The highest BCUT2D eigenvalue weighted by Gasteiger charge is 2.19. The van der Waals surface area contributed by atoms with Crippen LogP contribution in [0.1, 0.15) is 19.5 Å². The average Bonchev–Trinajstić information content (AvgIpc) is 2.66. The first-order valence-electron chi connectivity index (χ1n) is 9.28. The monoisotopic (exact) mass is 355 g/mol. The van der Waals surface area contributed by atoms with Crippen LogP contribution in [0.4, 0.5) is 17.5 Å². The lowest BCUT2D eigenvalue weighted by atomic mass is 10.2. The van der Waals surface area contributed by atoms with Crippen molar-refractivity contribution in [2.24, 2.45) is 5.92 Å². The summed E-state index contributed by atoms with van der Waals surface area (Å²) in [4.78, 5) is 14.0. The summed E-state index contributed by atoms with van der Waals surface area (Å²) in [5.74, 6) is 3.20. The van der Waals surface area contributed by atoms with Gasteiger partial charge in [0, 0.05) is 50.2 Å². The highest BCUT2D eigenvalue weighted by Crippen LogP contribution is 2.23. The first kappa shape index (κ1) is 18.3. The largest absolute Gasteiger partial charge is 0.497 e. The minimum atomic E-state index is 0.565. The van der Waals surface area contributed by atoms with E-state index in [1.807, 2.05) is 19.1 Å². The Kier molecular flexibility index (Phi) is 5.81. The first-order valence-corrected chi connectivity index (χ1v) is 9.28. The van der Waals surface area contributed by atoms with Crippen LogP contribution in [0.5, 0.6) is 5.75 Å². The van der Waals surface area contributed by atoms with Crippen LogP contribution < -0.4 is 19.9 Å². The number of methoxy groups -OCH3 is 1. The summed E-state index contributed by atoms with van der Waals surface area (Å²) in [6.07, 6.45) is 0. The highest BCUT2D eigenvalue weighted by molar-refractivity contribution is 5.52. The van der Waals surface area contributed by atoms with Gasteiger partial charge in [-0.05, 0) is 37.1 Å². The molecule has 26 heavy (non-hydrogen) atoms. The summed E-state index contributed by atoms with van der Waals surface area (Å²) in [6, 6.07) is 10.3. The van der Waals surface area contributed by atoms with Gasteiger partial charge in [-0.1, -0.05) is 13.8 Å². The summed E-state index contributed by atoms with van der Waals surface area (Å²) < 4.78 is 5.24. The van der Waals surface area contributed by atoms with Crippen LogP contribution in [0, 0.1) is 12.8 Å². The third-order valence-corrected chi connectivity index (χ3v) is 4.55. The first-order chi connectivity index (χ1) is 12.5. The Morgan fingerprint density at radius 2 is 1.69 bits per heavy atom. The van der Waals surface area contributed by atoms with Crippen LogP contribution in [0.15, 0.2) is 30.3 Å². The molecule has 0 saturated carbocycles. The maximum Gasteiger partial charge on any atom is 0.224 e. The fourth-order valence-electron chi connectivity index (χ4n) is 3.08. The second-order valence-electron chi connectivity index (χ2n) is 7.14. The van der Waals surface area contributed by atoms with E-state index < -0.39 is 0 Å². The molecule has 140 valence electrons. The van der Waals surface area contributed by atoms with Crippen molar-refractivity contribution in [1.29, 1.82) is 0 Å². The number of benzene rings is 1. The zero-order valence-corrected chi connectivity index (χ0v) is 16.2. The normalized spacial score (nSPS) is 14.7. The molecule has 0 bridgehead atoms. The fraction of sp³-hybridized carbons (Fsp3) is 0.500. The molecule has 1 N–H and O–H groups in total. The molecule has 1 aliphatic heterocycles. The Morgan fingerprint density at radius 3 is 2.31 bits per heavy atom. The van der Waals surface area contributed by atoms with Crippen molar-refractivity contribution in [2.45, 2.75) is 20.8 Å². The predicted molar refractivity (Wildman–Crippen MR) is 108 cm³/mol. The van der Waals surface area contributed by atoms with E-state index >= 15 is 0 Å². The maximum atomic E-state index is 5.24. The van der Waals surface area contributed by atoms with Gasteiger partial charge in [0.15, 0.2) is 0 Å². The number of rotatable bonds is 6. The van der Waals surface area contributed by atoms with Crippen LogP contribution >= 0.6 is 0 Å². The standard InChI is InChI=1S/C20H29N5O/c1-15(2)14-21-20-22-16(3)13-19(23-20)25-11-9-24(10-12-25)17-5-7-18(26-4)8-6-17/h5-8,13,15H,9-12,14H2,1-4H3,(H,21,22,23). The summed E-state index contributed by atoms with van der Waals surface area (Å²) in [6.45, 7) is 11.1. The van der Waals surface area contributed by atoms with E-state index in [4.69, 9.17) is 9.72 Å². The smallest absolute Gasteiger partial charge is 0.224 e. The lowest BCUT2D eigenvalue weighted by Crippen LogP contribution is -2.46. The van der Waals surface area contributed by atoms with Gasteiger partial charge in [-0.25, -0.2) is 4.98 Å². The molecule has 2 heterocycles. The molecule has 0 unspecified atom stereocenters. The minimum absolute atomic E-state index is 0.565. The topological polar surface area (TPSA) is 53.5 Å². The Balaban J connectivity index is 1.63. The van der Waals surface area contributed by atoms with E-state index in [0.717, 1.165) is 55.9 Å². The van der Waals surface area contributed by atoms with Crippen LogP contribution in [-0.4, -0.2) is 49.8 Å². The molecule has 6 nitrogen and oxygen atoms in total. The van der Waals surface area contributed by atoms with Crippen LogP contribution in [-0.2, 0) is 0 Å². The van der Waals surface area contributed by atoms with Gasteiger partial charge in [0.05, 0.1) is 7.11 Å². The fourth-order valence-corrected chi connectivity index (χ4v) is 3.08. The molecular weight excluding hydrogens is 326 g/mol. The van der Waals surface area contributed by atoms with E-state index in [1.165, 1.54) is 5.69 Å². The van der Waals surface area contributed by atoms with E-state index in [-0.39, 0.29) is 0 Å². The molecule has 1 aliphatic rings. The Bertz CT molecular complexity index is 709. The van der Waals surface area contributed by atoms with Crippen molar-refractivity contribution < 1.29 is 4.74 Å². The molecule has 0 atom stereocenters. The van der Waals surface area contributed by atoms with Gasteiger partial charge in [0.2, 0.25) is 5.95 Å². The lowest BCUT2D eigenvalue weighted by Gasteiger charge is -2.37. The number of hydrogen-bond acceptors (Lipinski definition) is 6. The van der Waals surface area contributed by atoms with Crippen molar-refractivity contribution in [3.05, 3.63) is 36.0 Å². The lowest BCUT2D eigenvalue weighted by molar-refractivity contribution is 0.415. The summed E-state index contributed by atoms with van der Waals surface area (Å²) in [5.41, 5.74) is 2.24. The molecule has 6 heteroatoms. The van der Waals surface area contributed by atoms with E-state index in [9.17, 15) is 0 Å². The van der Waals surface area contributed by atoms with Gasteiger partial charge >= 0.3 is 0 Å². The molecule has 0 aliphatic carbocycles. The number of hydrogen-bond donors (Lipinski definition) is 1. The van der Waals surface area contributed by atoms with Crippen molar-refractivity contribution in [3.63, 3.8) is 0 Å². The number of nitrogens with one attached hydrogen (secondary N) is 1. The number of ether oxygens (including phenoxy) is 1. The molecule has 1 saturated heterocycles. The number of piperazine rings is 1. The van der Waals surface area contributed by atoms with E-state index in [0.29, 0.717) is 5.92 Å². The van der Waals surface area contributed by atoms with Gasteiger partial charge in [0.25, 0.3) is 0 Å². The highest BCUT2D eigenvalue weighted by atomic mass is 16.5. The predicted octanol–water partition coefficient (Wildman–Crippen LogP) is 3.19. The molecular formula is C20H29N5O. The average molecular weight is 355 g/mol. The quantitative estimate of drug-likeness (QED) is 0.859. The zero-order valence-electron chi connectivity index (χ0n) is 16.2. The molecule has 1 aromatic carbocycles. The Hall–Kier alpha value is -2.50. The third-order valence-electron chi connectivity index (χ3n) is 4.55. The van der Waals surface area contributed by atoms with Gasteiger partial charge in [-0.3, -0.25) is 0 Å². The molecule has 1 aromatic heterocycles. The Labute approximate surface area is 156 Å². The van der Waals surface area contributed by atoms with Crippen molar-refractivity contribution in [2.75, 3.05) is 55.0 Å². The molecule has 3 rings (SSSR count). The Morgan fingerprint density at radius 1 is 1.04 bits per heavy atom.